The van der Waals surface area contributed by atoms with Crippen molar-refractivity contribution in [3.63, 3.8) is 0 Å². The van der Waals surface area contributed by atoms with Crippen LogP contribution in [0.5, 0.6) is 0 Å². The normalized spacial score (nSPS) is 17.8. The Labute approximate surface area is 90.5 Å². The van der Waals surface area contributed by atoms with E-state index in [9.17, 15) is 5.11 Å². The van der Waals surface area contributed by atoms with Crippen LogP contribution in [0, 0.1) is 6.92 Å². The minimum Gasteiger partial charge on any atom is -0.501 e. The lowest BCUT2D eigenvalue weighted by atomic mass is 10.0. The summed E-state index contributed by atoms with van der Waals surface area (Å²) < 4.78 is 11.0. The van der Waals surface area contributed by atoms with E-state index in [-0.39, 0.29) is 0 Å². The van der Waals surface area contributed by atoms with E-state index in [2.05, 4.69) is 15.9 Å². The first-order valence-corrected chi connectivity index (χ1v) is 5.22. The van der Waals surface area contributed by atoms with Crippen LogP contribution in [0.1, 0.15) is 23.8 Å². The molecule has 1 aliphatic heterocycles. The zero-order valence-electron chi connectivity index (χ0n) is 7.79. The first-order valence-electron chi connectivity index (χ1n) is 4.43. The highest BCUT2D eigenvalue weighted by Crippen LogP contribution is 2.32. The molecule has 76 valence electrons. The van der Waals surface area contributed by atoms with E-state index < -0.39 is 6.10 Å². The molecule has 0 saturated carbocycles. The van der Waals surface area contributed by atoms with Crippen LogP contribution in [0.2, 0.25) is 0 Å². The maximum absolute atomic E-state index is 9.99. The maximum Gasteiger partial charge on any atom is 0.169 e. The molecule has 0 aliphatic carbocycles. The molecule has 0 amide bonds. The third-order valence-electron chi connectivity index (χ3n) is 2.32. The molecule has 1 N–H and O–H groups in total. The van der Waals surface area contributed by atoms with E-state index in [1.807, 2.05) is 6.92 Å². The molecule has 14 heavy (non-hydrogen) atoms. The standard InChI is InChI=1S/C10H11BrO3/c1-6-8(4-9(11)14-6)10(12)7-2-3-13-5-7/h4-5,10,12H,2-3H2,1H3. The van der Waals surface area contributed by atoms with Gasteiger partial charge in [0, 0.05) is 17.6 Å². The molecule has 2 heterocycles. The number of aliphatic hydroxyl groups excluding tert-OH is 1. The van der Waals surface area contributed by atoms with Gasteiger partial charge in [0.05, 0.1) is 12.9 Å². The molecule has 0 aromatic carbocycles. The van der Waals surface area contributed by atoms with E-state index in [0.29, 0.717) is 11.3 Å². The lowest BCUT2D eigenvalue weighted by molar-refractivity contribution is 0.211. The van der Waals surface area contributed by atoms with Crippen molar-refractivity contribution in [2.45, 2.75) is 19.4 Å². The Morgan fingerprint density at radius 2 is 2.36 bits per heavy atom. The predicted octanol–water partition coefficient (Wildman–Crippen LogP) is 2.69. The maximum atomic E-state index is 9.99. The number of furan rings is 1. The lowest BCUT2D eigenvalue weighted by Gasteiger charge is -2.08. The number of aryl methyl sites for hydroxylation is 1. The van der Waals surface area contributed by atoms with Crippen molar-refractivity contribution in [2.24, 2.45) is 0 Å². The zero-order valence-corrected chi connectivity index (χ0v) is 9.37. The quantitative estimate of drug-likeness (QED) is 0.887. The van der Waals surface area contributed by atoms with Gasteiger partial charge >= 0.3 is 0 Å². The van der Waals surface area contributed by atoms with Gasteiger partial charge in [-0.05, 0) is 28.9 Å². The average molecular weight is 259 g/mol. The molecule has 1 unspecified atom stereocenters. The Hall–Kier alpha value is -0.740. The first-order chi connectivity index (χ1) is 6.68. The first kappa shape index (κ1) is 9.80. The van der Waals surface area contributed by atoms with E-state index >= 15 is 0 Å². The third-order valence-corrected chi connectivity index (χ3v) is 2.71. The summed E-state index contributed by atoms with van der Waals surface area (Å²) in [6, 6.07) is 1.79. The Morgan fingerprint density at radius 1 is 1.57 bits per heavy atom. The Morgan fingerprint density at radius 3 is 2.86 bits per heavy atom. The third kappa shape index (κ3) is 1.72. The van der Waals surface area contributed by atoms with Crippen LogP contribution in [0.3, 0.4) is 0 Å². The van der Waals surface area contributed by atoms with Gasteiger partial charge in [-0.25, -0.2) is 0 Å². The molecule has 1 aromatic rings. The molecule has 0 radical (unpaired) electrons. The van der Waals surface area contributed by atoms with Crippen molar-refractivity contribution < 1.29 is 14.3 Å². The molecule has 0 bridgehead atoms. The molecule has 0 fully saturated rings. The van der Waals surface area contributed by atoms with Gasteiger partial charge in [0.1, 0.15) is 11.9 Å². The molecule has 0 saturated heterocycles. The number of rotatable bonds is 2. The van der Waals surface area contributed by atoms with Gasteiger partial charge in [0.25, 0.3) is 0 Å². The second kappa shape index (κ2) is 3.79. The highest BCUT2D eigenvalue weighted by molar-refractivity contribution is 9.10. The topological polar surface area (TPSA) is 42.6 Å². The van der Waals surface area contributed by atoms with Crippen LogP contribution >= 0.6 is 15.9 Å². The summed E-state index contributed by atoms with van der Waals surface area (Å²) in [6.07, 6.45) is 1.81. The number of hydrogen-bond acceptors (Lipinski definition) is 3. The summed E-state index contributed by atoms with van der Waals surface area (Å²) in [5.41, 5.74) is 1.70. The van der Waals surface area contributed by atoms with Gasteiger partial charge in [-0.15, -0.1) is 0 Å². The van der Waals surface area contributed by atoms with Crippen LogP contribution in [0.25, 0.3) is 0 Å². The summed E-state index contributed by atoms with van der Waals surface area (Å²) in [5.74, 6) is 0.733. The Bertz CT molecular complexity index is 367. The number of aliphatic hydroxyl groups is 1. The van der Waals surface area contributed by atoms with Crippen molar-refractivity contribution in [1.29, 1.82) is 0 Å². The highest BCUT2D eigenvalue weighted by Gasteiger charge is 2.21. The van der Waals surface area contributed by atoms with Crippen molar-refractivity contribution in [3.8, 4) is 0 Å². The highest BCUT2D eigenvalue weighted by atomic mass is 79.9. The summed E-state index contributed by atoms with van der Waals surface area (Å²) in [5, 5.41) is 9.99. The zero-order chi connectivity index (χ0) is 10.1. The number of halogens is 1. The minimum absolute atomic E-state index is 0.604. The lowest BCUT2D eigenvalue weighted by Crippen LogP contribution is -2.00. The Kier molecular flexibility index (Phi) is 2.65. The molecule has 3 nitrogen and oxygen atoms in total. The average Bonchev–Trinajstić information content (AvgIpc) is 2.73. The Balaban J connectivity index is 2.25. The molecular weight excluding hydrogens is 248 g/mol. The van der Waals surface area contributed by atoms with Crippen molar-refractivity contribution >= 4 is 15.9 Å². The van der Waals surface area contributed by atoms with E-state index in [4.69, 9.17) is 9.15 Å². The van der Waals surface area contributed by atoms with Crippen LogP contribution in [0.15, 0.2) is 27.0 Å². The van der Waals surface area contributed by atoms with Gasteiger partial charge < -0.3 is 14.3 Å². The van der Waals surface area contributed by atoms with Gasteiger partial charge in [-0.3, -0.25) is 0 Å². The van der Waals surface area contributed by atoms with E-state index in [0.717, 1.165) is 23.3 Å². The van der Waals surface area contributed by atoms with Gasteiger partial charge in [-0.2, -0.15) is 0 Å². The van der Waals surface area contributed by atoms with Gasteiger partial charge in [-0.1, -0.05) is 0 Å². The summed E-state index contributed by atoms with van der Waals surface area (Å²) in [6.45, 7) is 2.49. The van der Waals surface area contributed by atoms with Crippen molar-refractivity contribution in [1.82, 2.24) is 0 Å². The van der Waals surface area contributed by atoms with E-state index in [1.165, 1.54) is 0 Å². The van der Waals surface area contributed by atoms with Crippen LogP contribution in [0.4, 0.5) is 0 Å². The fourth-order valence-corrected chi connectivity index (χ4v) is 2.02. The summed E-state index contributed by atoms with van der Waals surface area (Å²) in [7, 11) is 0. The van der Waals surface area contributed by atoms with Gasteiger partial charge in [0.2, 0.25) is 0 Å². The fraction of sp³-hybridized carbons (Fsp3) is 0.400. The second-order valence-electron chi connectivity index (χ2n) is 3.28. The molecular formula is C10H11BrO3. The molecule has 1 atom stereocenters. The summed E-state index contributed by atoms with van der Waals surface area (Å²) in [4.78, 5) is 0. The second-order valence-corrected chi connectivity index (χ2v) is 4.06. The molecule has 1 aliphatic rings. The monoisotopic (exact) mass is 258 g/mol. The number of ether oxygens (including phenoxy) is 1. The van der Waals surface area contributed by atoms with Crippen molar-refractivity contribution in [2.75, 3.05) is 6.61 Å². The molecule has 0 spiro atoms. The molecule has 2 rings (SSSR count). The predicted molar refractivity (Wildman–Crippen MR) is 54.8 cm³/mol. The van der Waals surface area contributed by atoms with Crippen LogP contribution in [-0.4, -0.2) is 11.7 Å². The van der Waals surface area contributed by atoms with Gasteiger partial charge in [0.15, 0.2) is 4.67 Å². The largest absolute Gasteiger partial charge is 0.501 e. The minimum atomic E-state index is -0.604. The SMILES string of the molecule is Cc1oc(Br)cc1C(O)C1=COCC1. The smallest absolute Gasteiger partial charge is 0.169 e. The summed E-state index contributed by atoms with van der Waals surface area (Å²) >= 11 is 3.23. The van der Waals surface area contributed by atoms with Crippen LogP contribution < -0.4 is 0 Å². The molecule has 4 heteroatoms. The van der Waals surface area contributed by atoms with E-state index in [1.54, 1.807) is 12.3 Å². The van der Waals surface area contributed by atoms with Crippen LogP contribution in [-0.2, 0) is 4.74 Å². The fourth-order valence-electron chi connectivity index (χ4n) is 1.53. The number of hydrogen-bond donors (Lipinski definition) is 1. The molecule has 1 aromatic heterocycles. The van der Waals surface area contributed by atoms with Crippen molar-refractivity contribution in [3.05, 3.63) is 33.9 Å².